The monoisotopic (exact) mass is 181 g/mol. The molecule has 0 rings (SSSR count). The number of methoxy groups -OCH3 is 1. The summed E-state index contributed by atoms with van der Waals surface area (Å²) >= 11 is 0. The topological polar surface area (TPSA) is 46.6 Å². The van der Waals surface area contributed by atoms with Crippen molar-refractivity contribution < 1.29 is 13.2 Å². The third kappa shape index (κ3) is 3.69. The van der Waals surface area contributed by atoms with Gasteiger partial charge in [0.1, 0.15) is 0 Å². The van der Waals surface area contributed by atoms with Gasteiger partial charge < -0.3 is 4.74 Å². The van der Waals surface area contributed by atoms with Gasteiger partial charge in [0.15, 0.2) is 0 Å². The molecule has 0 N–H and O–H groups in total. The molecule has 0 saturated heterocycles. The molecule has 0 aromatic rings. The number of hydrogen-bond acceptors (Lipinski definition) is 3. The van der Waals surface area contributed by atoms with E-state index in [0.717, 1.165) is 0 Å². The van der Waals surface area contributed by atoms with Gasteiger partial charge in [0.2, 0.25) is 10.0 Å². The Kier molecular flexibility index (Phi) is 4.63. The van der Waals surface area contributed by atoms with Gasteiger partial charge in [0, 0.05) is 20.7 Å². The highest BCUT2D eigenvalue weighted by Gasteiger charge is 2.14. The molecule has 0 aromatic heterocycles. The fourth-order valence-electron chi connectivity index (χ4n) is 0.541. The van der Waals surface area contributed by atoms with Crippen LogP contribution in [0, 0.1) is 0 Å². The van der Waals surface area contributed by atoms with E-state index in [2.05, 4.69) is 4.74 Å². The standard InChI is InChI=1S/C6H15NO3S/c1-4-7(2)11(8,9)6-5-10-3/h4-6H2,1-3H3. The normalized spacial score (nSPS) is 12.4. The van der Waals surface area contributed by atoms with Gasteiger partial charge in [-0.3, -0.25) is 0 Å². The molecule has 68 valence electrons. The molecule has 0 fully saturated rings. The molecule has 5 heteroatoms. The second kappa shape index (κ2) is 4.69. The number of ether oxygens (including phenoxy) is 1. The number of hydrogen-bond donors (Lipinski definition) is 0. The summed E-state index contributed by atoms with van der Waals surface area (Å²) < 4.78 is 28.3. The molecule has 4 nitrogen and oxygen atoms in total. The maximum Gasteiger partial charge on any atom is 0.216 e. The molecule has 0 amide bonds. The van der Waals surface area contributed by atoms with E-state index >= 15 is 0 Å². The van der Waals surface area contributed by atoms with E-state index in [1.54, 1.807) is 14.0 Å². The first kappa shape index (κ1) is 10.9. The molecule has 0 aliphatic carbocycles. The van der Waals surface area contributed by atoms with Crippen LogP contribution in [0.1, 0.15) is 6.92 Å². The van der Waals surface area contributed by atoms with Gasteiger partial charge in [-0.05, 0) is 0 Å². The molecule has 0 aromatic carbocycles. The van der Waals surface area contributed by atoms with E-state index in [-0.39, 0.29) is 12.4 Å². The van der Waals surface area contributed by atoms with E-state index in [1.165, 1.54) is 11.4 Å². The van der Waals surface area contributed by atoms with Gasteiger partial charge in [0.05, 0.1) is 12.4 Å². The minimum absolute atomic E-state index is 0.0633. The average Bonchev–Trinajstić information content (AvgIpc) is 1.99. The van der Waals surface area contributed by atoms with Gasteiger partial charge in [-0.15, -0.1) is 0 Å². The zero-order valence-corrected chi connectivity index (χ0v) is 8.02. The first-order chi connectivity index (χ1) is 5.04. The van der Waals surface area contributed by atoms with Crippen molar-refractivity contribution in [1.82, 2.24) is 4.31 Å². The molecule has 0 saturated carbocycles. The molecule has 0 aliphatic heterocycles. The Morgan fingerprint density at radius 2 is 2.00 bits per heavy atom. The van der Waals surface area contributed by atoms with Crippen LogP contribution in [-0.2, 0) is 14.8 Å². The third-order valence-electron chi connectivity index (χ3n) is 1.47. The van der Waals surface area contributed by atoms with E-state index < -0.39 is 10.0 Å². The lowest BCUT2D eigenvalue weighted by Gasteiger charge is -2.13. The Labute approximate surface area is 68.2 Å². The van der Waals surface area contributed by atoms with Crippen molar-refractivity contribution in [3.8, 4) is 0 Å². The summed E-state index contributed by atoms with van der Waals surface area (Å²) in [5, 5.41) is 0. The second-order valence-electron chi connectivity index (χ2n) is 2.22. The van der Waals surface area contributed by atoms with E-state index in [1.807, 2.05) is 0 Å². The van der Waals surface area contributed by atoms with Crippen molar-refractivity contribution >= 4 is 10.0 Å². The smallest absolute Gasteiger partial charge is 0.216 e. The summed E-state index contributed by atoms with van der Waals surface area (Å²) in [7, 11) is -0.0161. The fourth-order valence-corrected chi connectivity index (χ4v) is 1.62. The van der Waals surface area contributed by atoms with Crippen molar-refractivity contribution in [3.05, 3.63) is 0 Å². The minimum Gasteiger partial charge on any atom is -0.384 e. The van der Waals surface area contributed by atoms with Crippen LogP contribution in [-0.4, -0.2) is 45.8 Å². The Bertz CT molecular complexity index is 188. The zero-order chi connectivity index (χ0) is 8.91. The summed E-state index contributed by atoms with van der Waals surface area (Å²) in [6.45, 7) is 2.56. The van der Waals surface area contributed by atoms with Crippen LogP contribution < -0.4 is 0 Å². The molecular weight excluding hydrogens is 166 g/mol. The first-order valence-corrected chi connectivity index (χ1v) is 5.08. The quantitative estimate of drug-likeness (QED) is 0.595. The predicted octanol–water partition coefficient (Wildman–Crippen LogP) is -0.0857. The van der Waals surface area contributed by atoms with Gasteiger partial charge >= 0.3 is 0 Å². The van der Waals surface area contributed by atoms with Crippen LogP contribution in [0.25, 0.3) is 0 Å². The third-order valence-corrected chi connectivity index (χ3v) is 3.36. The SMILES string of the molecule is CCN(C)S(=O)(=O)CCOC. The van der Waals surface area contributed by atoms with Gasteiger partial charge in [-0.25, -0.2) is 12.7 Å². The highest BCUT2D eigenvalue weighted by Crippen LogP contribution is 1.96. The van der Waals surface area contributed by atoms with E-state index in [9.17, 15) is 8.42 Å². The molecular formula is C6H15NO3S. The Hall–Kier alpha value is -0.130. The summed E-state index contributed by atoms with van der Waals surface area (Å²) in [4.78, 5) is 0. The lowest BCUT2D eigenvalue weighted by atomic mass is 10.8. The number of rotatable bonds is 5. The summed E-state index contributed by atoms with van der Waals surface area (Å²) in [6.07, 6.45) is 0. The lowest BCUT2D eigenvalue weighted by Crippen LogP contribution is -2.30. The molecule has 0 radical (unpaired) electrons. The van der Waals surface area contributed by atoms with E-state index in [0.29, 0.717) is 6.54 Å². The molecule has 0 unspecified atom stereocenters. The van der Waals surface area contributed by atoms with Crippen molar-refractivity contribution in [2.45, 2.75) is 6.92 Å². The van der Waals surface area contributed by atoms with Crippen LogP contribution in [0.15, 0.2) is 0 Å². The number of sulfonamides is 1. The van der Waals surface area contributed by atoms with Gasteiger partial charge in [-0.2, -0.15) is 0 Å². The first-order valence-electron chi connectivity index (χ1n) is 3.47. The van der Waals surface area contributed by atoms with Crippen molar-refractivity contribution in [2.75, 3.05) is 33.1 Å². The summed E-state index contributed by atoms with van der Waals surface area (Å²) in [5.74, 6) is 0.0633. The predicted molar refractivity (Wildman–Crippen MR) is 44.0 cm³/mol. The van der Waals surface area contributed by atoms with Crippen LogP contribution in [0.3, 0.4) is 0 Å². The molecule has 0 aliphatic rings. The van der Waals surface area contributed by atoms with Crippen molar-refractivity contribution in [1.29, 1.82) is 0 Å². The largest absolute Gasteiger partial charge is 0.384 e. The summed E-state index contributed by atoms with van der Waals surface area (Å²) in [5.41, 5.74) is 0. The zero-order valence-electron chi connectivity index (χ0n) is 7.20. The van der Waals surface area contributed by atoms with Crippen LogP contribution >= 0.6 is 0 Å². The minimum atomic E-state index is -3.06. The Morgan fingerprint density at radius 1 is 1.45 bits per heavy atom. The van der Waals surface area contributed by atoms with Gasteiger partial charge in [0.25, 0.3) is 0 Å². The van der Waals surface area contributed by atoms with Crippen LogP contribution in [0.2, 0.25) is 0 Å². The Morgan fingerprint density at radius 3 is 2.36 bits per heavy atom. The molecule has 0 spiro atoms. The van der Waals surface area contributed by atoms with Crippen molar-refractivity contribution in [2.24, 2.45) is 0 Å². The lowest BCUT2D eigenvalue weighted by molar-refractivity contribution is 0.216. The van der Waals surface area contributed by atoms with Gasteiger partial charge in [-0.1, -0.05) is 6.92 Å². The second-order valence-corrected chi connectivity index (χ2v) is 4.42. The van der Waals surface area contributed by atoms with Crippen LogP contribution in [0.4, 0.5) is 0 Å². The highest BCUT2D eigenvalue weighted by atomic mass is 32.2. The highest BCUT2D eigenvalue weighted by molar-refractivity contribution is 7.89. The molecule has 0 bridgehead atoms. The Balaban J connectivity index is 4.01. The molecule has 0 atom stereocenters. The molecule has 11 heavy (non-hydrogen) atoms. The van der Waals surface area contributed by atoms with Crippen molar-refractivity contribution in [3.63, 3.8) is 0 Å². The average molecular weight is 181 g/mol. The summed E-state index contributed by atoms with van der Waals surface area (Å²) in [6, 6.07) is 0. The fraction of sp³-hybridized carbons (Fsp3) is 1.00. The van der Waals surface area contributed by atoms with Crippen LogP contribution in [0.5, 0.6) is 0 Å². The maximum absolute atomic E-state index is 11.2. The molecule has 0 heterocycles. The number of nitrogens with zero attached hydrogens (tertiary/aromatic N) is 1. The maximum atomic E-state index is 11.2. The van der Waals surface area contributed by atoms with E-state index in [4.69, 9.17) is 0 Å².